The molecule has 3 rings (SSSR count). The van der Waals surface area contributed by atoms with Crippen LogP contribution >= 0.6 is 11.6 Å². The molecule has 1 amide bonds. The Labute approximate surface area is 139 Å². The average molecular weight is 326 g/mol. The number of carbonyl (C=O) groups is 1. The van der Waals surface area contributed by atoms with Crippen molar-refractivity contribution in [3.63, 3.8) is 0 Å². The maximum absolute atomic E-state index is 12.3. The van der Waals surface area contributed by atoms with Crippen LogP contribution in [0.5, 0.6) is 0 Å². The van der Waals surface area contributed by atoms with E-state index in [0.29, 0.717) is 17.3 Å². The standard InChI is InChI=1S/C18H16ClN3O/c1-2-20-18(23)17-12-16(13-8-10-14(19)11-9-13)21-22(17)15-6-4-3-5-7-15/h3-12H,2H2,1H3,(H,20,23). The summed E-state index contributed by atoms with van der Waals surface area (Å²) in [6.07, 6.45) is 0. The van der Waals surface area contributed by atoms with E-state index in [0.717, 1.165) is 16.9 Å². The van der Waals surface area contributed by atoms with Gasteiger partial charge in [-0.05, 0) is 37.3 Å². The van der Waals surface area contributed by atoms with Gasteiger partial charge in [0.25, 0.3) is 5.91 Å². The molecular formula is C18H16ClN3O. The zero-order valence-corrected chi connectivity index (χ0v) is 13.4. The summed E-state index contributed by atoms with van der Waals surface area (Å²) in [6, 6.07) is 18.8. The van der Waals surface area contributed by atoms with Gasteiger partial charge in [0.2, 0.25) is 0 Å². The average Bonchev–Trinajstić information content (AvgIpc) is 3.02. The van der Waals surface area contributed by atoms with Crippen LogP contribution in [0.2, 0.25) is 5.02 Å². The van der Waals surface area contributed by atoms with E-state index in [2.05, 4.69) is 10.4 Å². The van der Waals surface area contributed by atoms with E-state index in [1.807, 2.05) is 61.5 Å². The van der Waals surface area contributed by atoms with Crippen molar-refractivity contribution in [1.82, 2.24) is 15.1 Å². The van der Waals surface area contributed by atoms with E-state index in [1.165, 1.54) is 0 Å². The van der Waals surface area contributed by atoms with Gasteiger partial charge in [0.05, 0.1) is 11.4 Å². The van der Waals surface area contributed by atoms with Crippen molar-refractivity contribution in [3.8, 4) is 16.9 Å². The summed E-state index contributed by atoms with van der Waals surface area (Å²) in [5.41, 5.74) is 2.98. The van der Waals surface area contributed by atoms with Crippen molar-refractivity contribution in [2.24, 2.45) is 0 Å². The number of amides is 1. The summed E-state index contributed by atoms with van der Waals surface area (Å²) < 4.78 is 1.66. The van der Waals surface area contributed by atoms with E-state index in [1.54, 1.807) is 10.7 Å². The van der Waals surface area contributed by atoms with Crippen molar-refractivity contribution in [2.45, 2.75) is 6.92 Å². The van der Waals surface area contributed by atoms with Crippen LogP contribution in [0.25, 0.3) is 16.9 Å². The number of hydrogen-bond donors (Lipinski definition) is 1. The van der Waals surface area contributed by atoms with Crippen molar-refractivity contribution in [1.29, 1.82) is 0 Å². The number of para-hydroxylation sites is 1. The minimum absolute atomic E-state index is 0.149. The van der Waals surface area contributed by atoms with Gasteiger partial charge in [-0.25, -0.2) is 4.68 Å². The lowest BCUT2D eigenvalue weighted by Crippen LogP contribution is -2.25. The minimum atomic E-state index is -0.149. The molecule has 0 saturated carbocycles. The Hall–Kier alpha value is -2.59. The molecule has 1 aromatic heterocycles. The SMILES string of the molecule is CCNC(=O)c1cc(-c2ccc(Cl)cc2)nn1-c1ccccc1. The summed E-state index contributed by atoms with van der Waals surface area (Å²) in [5.74, 6) is -0.149. The van der Waals surface area contributed by atoms with Gasteiger partial charge in [-0.1, -0.05) is 41.9 Å². The van der Waals surface area contributed by atoms with Crippen LogP contribution in [-0.4, -0.2) is 22.2 Å². The minimum Gasteiger partial charge on any atom is -0.351 e. The number of hydrogen-bond acceptors (Lipinski definition) is 2. The molecule has 0 saturated heterocycles. The summed E-state index contributed by atoms with van der Waals surface area (Å²) >= 11 is 5.93. The lowest BCUT2D eigenvalue weighted by atomic mass is 10.1. The van der Waals surface area contributed by atoms with E-state index < -0.39 is 0 Å². The largest absolute Gasteiger partial charge is 0.351 e. The van der Waals surface area contributed by atoms with Crippen molar-refractivity contribution < 1.29 is 4.79 Å². The summed E-state index contributed by atoms with van der Waals surface area (Å²) in [5, 5.41) is 8.09. The first-order valence-corrected chi connectivity index (χ1v) is 7.76. The third-order valence-electron chi connectivity index (χ3n) is 3.42. The Morgan fingerprint density at radius 2 is 1.83 bits per heavy atom. The van der Waals surface area contributed by atoms with Gasteiger partial charge < -0.3 is 5.32 Å². The molecule has 0 radical (unpaired) electrons. The lowest BCUT2D eigenvalue weighted by molar-refractivity contribution is 0.0948. The monoisotopic (exact) mass is 325 g/mol. The molecule has 23 heavy (non-hydrogen) atoms. The second-order valence-corrected chi connectivity index (χ2v) is 5.46. The summed E-state index contributed by atoms with van der Waals surface area (Å²) in [6.45, 7) is 2.45. The highest BCUT2D eigenvalue weighted by Crippen LogP contribution is 2.23. The Balaban J connectivity index is 2.10. The van der Waals surface area contributed by atoms with Crippen LogP contribution in [0.4, 0.5) is 0 Å². The molecule has 0 aliphatic carbocycles. The van der Waals surface area contributed by atoms with Gasteiger partial charge in [0.15, 0.2) is 0 Å². The third kappa shape index (κ3) is 3.27. The smallest absolute Gasteiger partial charge is 0.270 e. The lowest BCUT2D eigenvalue weighted by Gasteiger charge is -2.06. The Morgan fingerprint density at radius 1 is 1.13 bits per heavy atom. The second-order valence-electron chi connectivity index (χ2n) is 5.03. The number of rotatable bonds is 4. The molecule has 0 bridgehead atoms. The summed E-state index contributed by atoms with van der Waals surface area (Å²) in [4.78, 5) is 12.3. The van der Waals surface area contributed by atoms with Crippen LogP contribution in [0.1, 0.15) is 17.4 Å². The Kier molecular flexibility index (Phi) is 4.44. The molecule has 1 heterocycles. The fraction of sp³-hybridized carbons (Fsp3) is 0.111. The second kappa shape index (κ2) is 6.67. The highest BCUT2D eigenvalue weighted by molar-refractivity contribution is 6.30. The van der Waals surface area contributed by atoms with Crippen LogP contribution in [0.15, 0.2) is 60.7 Å². The normalized spacial score (nSPS) is 10.5. The van der Waals surface area contributed by atoms with Crippen molar-refractivity contribution in [2.75, 3.05) is 6.54 Å². The molecule has 0 aliphatic heterocycles. The van der Waals surface area contributed by atoms with Gasteiger partial charge in [0, 0.05) is 17.1 Å². The molecule has 0 fully saturated rings. The molecule has 2 aromatic carbocycles. The molecule has 5 heteroatoms. The number of nitrogens with zero attached hydrogens (tertiary/aromatic N) is 2. The highest BCUT2D eigenvalue weighted by Gasteiger charge is 2.16. The fourth-order valence-electron chi connectivity index (χ4n) is 2.32. The number of halogens is 1. The molecule has 3 aromatic rings. The van der Waals surface area contributed by atoms with Crippen molar-refractivity contribution >= 4 is 17.5 Å². The molecule has 0 atom stereocenters. The van der Waals surface area contributed by atoms with Gasteiger partial charge >= 0.3 is 0 Å². The zero-order valence-electron chi connectivity index (χ0n) is 12.7. The first kappa shape index (κ1) is 15.3. The maximum atomic E-state index is 12.3. The van der Waals surface area contributed by atoms with Crippen LogP contribution in [0.3, 0.4) is 0 Å². The molecule has 0 unspecified atom stereocenters. The molecule has 1 N–H and O–H groups in total. The first-order chi connectivity index (χ1) is 11.2. The Bertz CT molecular complexity index is 810. The van der Waals surface area contributed by atoms with E-state index >= 15 is 0 Å². The molecule has 0 aliphatic rings. The molecule has 116 valence electrons. The van der Waals surface area contributed by atoms with Gasteiger partial charge in [-0.15, -0.1) is 0 Å². The van der Waals surface area contributed by atoms with E-state index in [4.69, 9.17) is 11.6 Å². The molecular weight excluding hydrogens is 310 g/mol. The maximum Gasteiger partial charge on any atom is 0.270 e. The Morgan fingerprint density at radius 3 is 2.48 bits per heavy atom. The quantitative estimate of drug-likeness (QED) is 0.789. The van der Waals surface area contributed by atoms with Gasteiger partial charge in [0.1, 0.15) is 5.69 Å². The molecule has 0 spiro atoms. The molecule has 4 nitrogen and oxygen atoms in total. The number of carbonyl (C=O) groups excluding carboxylic acids is 1. The fourth-order valence-corrected chi connectivity index (χ4v) is 2.45. The highest BCUT2D eigenvalue weighted by atomic mass is 35.5. The van der Waals surface area contributed by atoms with Crippen molar-refractivity contribution in [3.05, 3.63) is 71.4 Å². The van der Waals surface area contributed by atoms with Crippen LogP contribution in [0, 0.1) is 0 Å². The topological polar surface area (TPSA) is 46.9 Å². The van der Waals surface area contributed by atoms with Gasteiger partial charge in [-0.3, -0.25) is 4.79 Å². The number of nitrogens with one attached hydrogen (secondary N) is 1. The zero-order chi connectivity index (χ0) is 16.2. The first-order valence-electron chi connectivity index (χ1n) is 7.38. The van der Waals surface area contributed by atoms with Crippen LogP contribution in [-0.2, 0) is 0 Å². The summed E-state index contributed by atoms with van der Waals surface area (Å²) in [7, 11) is 0. The predicted octanol–water partition coefficient (Wildman–Crippen LogP) is 3.94. The van der Waals surface area contributed by atoms with Gasteiger partial charge in [-0.2, -0.15) is 5.10 Å². The van der Waals surface area contributed by atoms with Crippen LogP contribution < -0.4 is 5.32 Å². The predicted molar refractivity (Wildman–Crippen MR) is 92.0 cm³/mol. The number of benzene rings is 2. The van der Waals surface area contributed by atoms with E-state index in [-0.39, 0.29) is 5.91 Å². The third-order valence-corrected chi connectivity index (χ3v) is 3.67. The number of aromatic nitrogens is 2. The van der Waals surface area contributed by atoms with E-state index in [9.17, 15) is 4.79 Å².